The molecule has 3 saturated heterocycles. The number of amides is 1. The number of carbonyl (C=O) groups is 2. The number of likely N-dealkylation sites (tertiary alicyclic amines) is 2. The number of ketones is 1. The first-order valence-electron chi connectivity index (χ1n) is 21.1. The van der Waals surface area contributed by atoms with Crippen molar-refractivity contribution in [2.24, 2.45) is 11.7 Å². The minimum Gasteiger partial charge on any atom is -0.486 e. The number of rotatable bonds is 16. The Bertz CT molecular complexity index is 1960. The first kappa shape index (κ1) is 41.2. The molecule has 6 atom stereocenters. The molecular weight excluding hydrogens is 765 g/mol. The second kappa shape index (κ2) is 18.4. The van der Waals surface area contributed by atoms with Crippen molar-refractivity contribution in [2.75, 3.05) is 77.1 Å². The van der Waals surface area contributed by atoms with Crippen LogP contribution in [0.3, 0.4) is 0 Å². The van der Waals surface area contributed by atoms with Gasteiger partial charge in [0.2, 0.25) is 5.78 Å². The van der Waals surface area contributed by atoms with Crippen LogP contribution in [0.25, 0.3) is 0 Å². The number of nitrogens with zero attached hydrogens (tertiary/aromatic N) is 3. The average molecular weight is 820 g/mol. The smallest absolute Gasteiger partial charge is 0.292 e. The molecule has 59 heavy (non-hydrogen) atoms. The third kappa shape index (κ3) is 9.60. The van der Waals surface area contributed by atoms with Gasteiger partial charge in [-0.25, -0.2) is 8.78 Å². The summed E-state index contributed by atoms with van der Waals surface area (Å²) in [7, 11) is 0. The number of halogens is 2. The van der Waals surface area contributed by atoms with E-state index >= 15 is 0 Å². The number of hydrogen-bond donors (Lipinski definition) is 4. The van der Waals surface area contributed by atoms with Crippen molar-refractivity contribution in [1.82, 2.24) is 15.1 Å². The highest BCUT2D eigenvalue weighted by Crippen LogP contribution is 2.39. The highest BCUT2D eigenvalue weighted by atomic mass is 19.1. The number of carbonyl (C=O) groups excluding carboxylic acids is 2. The zero-order chi connectivity index (χ0) is 41.0. The molecule has 0 spiro atoms. The molecule has 0 radical (unpaired) electrons. The van der Waals surface area contributed by atoms with Crippen molar-refractivity contribution in [2.45, 2.75) is 75.3 Å². The van der Waals surface area contributed by atoms with E-state index < -0.39 is 47.6 Å². The van der Waals surface area contributed by atoms with Crippen LogP contribution in [0.15, 0.2) is 48.5 Å². The van der Waals surface area contributed by atoms with Gasteiger partial charge in [-0.15, -0.1) is 0 Å². The maximum Gasteiger partial charge on any atom is 0.292 e. The molecule has 3 aromatic rings. The molecule has 318 valence electrons. The number of nitrogens with one attached hydrogen (secondary N) is 1. The van der Waals surface area contributed by atoms with E-state index in [4.69, 9.17) is 24.7 Å². The molecule has 1 amide bonds. The van der Waals surface area contributed by atoms with E-state index in [2.05, 4.69) is 20.0 Å². The summed E-state index contributed by atoms with van der Waals surface area (Å²) < 4.78 is 52.7. The number of aliphatic hydroxyl groups is 2. The Balaban J connectivity index is 0.824. The largest absolute Gasteiger partial charge is 0.486 e. The second-order valence-corrected chi connectivity index (χ2v) is 16.6. The summed E-state index contributed by atoms with van der Waals surface area (Å²) in [6.07, 6.45) is 4.27. The Kier molecular flexibility index (Phi) is 12.8. The van der Waals surface area contributed by atoms with Crippen LogP contribution in [-0.4, -0.2) is 122 Å². The Labute approximate surface area is 343 Å². The summed E-state index contributed by atoms with van der Waals surface area (Å²) >= 11 is 0. The van der Waals surface area contributed by atoms with E-state index in [1.807, 2.05) is 12.1 Å². The van der Waals surface area contributed by atoms with Gasteiger partial charge in [0.15, 0.2) is 34.6 Å². The first-order valence-corrected chi connectivity index (χ1v) is 21.1. The van der Waals surface area contributed by atoms with E-state index in [9.17, 15) is 28.6 Å². The summed E-state index contributed by atoms with van der Waals surface area (Å²) in [4.78, 5) is 33.2. The van der Waals surface area contributed by atoms with Crippen molar-refractivity contribution in [3.8, 4) is 23.0 Å². The topological polar surface area (TPSA) is 159 Å². The van der Waals surface area contributed by atoms with Gasteiger partial charge < -0.3 is 54.9 Å². The van der Waals surface area contributed by atoms with Crippen LogP contribution < -0.4 is 34.9 Å². The molecule has 3 aromatic carbocycles. The Hall–Kier alpha value is -4.54. The number of aliphatic hydroxyl groups excluding tert-OH is 2. The first-order chi connectivity index (χ1) is 28.6. The number of piperidine rings is 1. The summed E-state index contributed by atoms with van der Waals surface area (Å²) in [5.74, 6) is -1.81. The minimum atomic E-state index is -1.30. The van der Waals surface area contributed by atoms with Gasteiger partial charge in [-0.3, -0.25) is 9.59 Å². The Morgan fingerprint density at radius 2 is 1.46 bits per heavy atom. The summed E-state index contributed by atoms with van der Waals surface area (Å²) in [5, 5.41) is 25.0. The third-order valence-corrected chi connectivity index (χ3v) is 12.3. The van der Waals surface area contributed by atoms with Gasteiger partial charge in [0, 0.05) is 43.5 Å². The van der Waals surface area contributed by atoms with Crippen LogP contribution >= 0.6 is 0 Å². The van der Waals surface area contributed by atoms with E-state index in [1.54, 1.807) is 18.2 Å². The van der Waals surface area contributed by atoms with Crippen LogP contribution in [-0.2, 0) is 4.79 Å². The average Bonchev–Trinajstić information content (AvgIpc) is 3.22. The van der Waals surface area contributed by atoms with Crippen LogP contribution in [0.4, 0.5) is 14.5 Å². The molecule has 5 heterocycles. The number of hydrogen-bond acceptors (Lipinski definition) is 12. The van der Waals surface area contributed by atoms with Gasteiger partial charge in [0.05, 0.1) is 12.1 Å². The molecule has 0 saturated carbocycles. The molecule has 13 nitrogen and oxygen atoms in total. The molecule has 0 bridgehead atoms. The predicted octanol–water partition coefficient (Wildman–Crippen LogP) is 4.14. The van der Waals surface area contributed by atoms with Gasteiger partial charge in [0.25, 0.3) is 5.91 Å². The standard InChI is InChI=1S/C44H55F2N5O8/c45-33-20-30(21-37-42(33)57-18-17-56-37)40(53)36(25-50-14-4-15-50)48-44(55)41(54)28-8-10-31(11-9-28)51-16-2-6-27(23-51)5-1-7-32-26-58-43-34(46)19-29(22-38(43)59-32)39(52)35(47)24-49-12-3-13-49/h8-11,19-22,27,32,35-36,39-40,52-53H,1-7,12-18,23-26,47H2,(H,48,55)/t27?,32?,35-,36-,39-,40-/m1/s1. The van der Waals surface area contributed by atoms with Crippen molar-refractivity contribution in [1.29, 1.82) is 0 Å². The lowest BCUT2D eigenvalue weighted by Crippen LogP contribution is -2.52. The monoisotopic (exact) mass is 819 g/mol. The Morgan fingerprint density at radius 3 is 2.17 bits per heavy atom. The second-order valence-electron chi connectivity index (χ2n) is 16.6. The molecule has 5 aliphatic rings. The van der Waals surface area contributed by atoms with Gasteiger partial charge in [0.1, 0.15) is 32.0 Å². The highest BCUT2D eigenvalue weighted by Gasteiger charge is 2.33. The zero-order valence-corrected chi connectivity index (χ0v) is 33.3. The lowest BCUT2D eigenvalue weighted by atomic mass is 9.91. The maximum atomic E-state index is 15.0. The van der Waals surface area contributed by atoms with Crippen LogP contribution in [0.5, 0.6) is 23.0 Å². The van der Waals surface area contributed by atoms with Gasteiger partial charge in [-0.2, -0.15) is 0 Å². The Morgan fingerprint density at radius 1 is 0.797 bits per heavy atom. The molecule has 15 heteroatoms. The normalized spacial score (nSPS) is 22.4. The molecule has 5 N–H and O–H groups in total. The lowest BCUT2D eigenvalue weighted by molar-refractivity contribution is -0.118. The number of anilines is 1. The van der Waals surface area contributed by atoms with Gasteiger partial charge in [-0.05, 0) is 137 Å². The predicted molar refractivity (Wildman–Crippen MR) is 215 cm³/mol. The quantitative estimate of drug-likeness (QED) is 0.121. The fourth-order valence-corrected chi connectivity index (χ4v) is 8.69. The van der Waals surface area contributed by atoms with Gasteiger partial charge in [-0.1, -0.05) is 0 Å². The van der Waals surface area contributed by atoms with E-state index in [-0.39, 0.29) is 54.3 Å². The number of benzene rings is 3. The molecular formula is C44H55F2N5O8. The number of nitrogens with two attached hydrogens (primary N) is 1. The van der Waals surface area contributed by atoms with Crippen LogP contribution in [0, 0.1) is 17.6 Å². The third-order valence-electron chi connectivity index (χ3n) is 12.3. The van der Waals surface area contributed by atoms with E-state index in [0.717, 1.165) is 89.9 Å². The summed E-state index contributed by atoms with van der Waals surface area (Å²) in [6.45, 7) is 6.80. The van der Waals surface area contributed by atoms with E-state index in [0.29, 0.717) is 30.3 Å². The van der Waals surface area contributed by atoms with Crippen LogP contribution in [0.2, 0.25) is 0 Å². The molecule has 8 rings (SSSR count). The number of Topliss-reactive ketones (excluding diaryl/α,β-unsaturated/α-hetero) is 1. The fourth-order valence-electron chi connectivity index (χ4n) is 8.69. The molecule has 5 aliphatic heterocycles. The number of fused-ring (bicyclic) bond motifs is 2. The van der Waals surface area contributed by atoms with Crippen molar-refractivity contribution >= 4 is 17.4 Å². The molecule has 0 aromatic heterocycles. The molecule has 3 fully saturated rings. The number of ether oxygens (including phenoxy) is 4. The molecule has 2 unspecified atom stereocenters. The fraction of sp³-hybridized carbons (Fsp3) is 0.545. The van der Waals surface area contributed by atoms with Crippen molar-refractivity contribution in [3.63, 3.8) is 0 Å². The van der Waals surface area contributed by atoms with E-state index in [1.165, 1.54) is 18.2 Å². The van der Waals surface area contributed by atoms with Crippen molar-refractivity contribution < 1.29 is 47.5 Å². The van der Waals surface area contributed by atoms with Gasteiger partial charge >= 0.3 is 0 Å². The zero-order valence-electron chi connectivity index (χ0n) is 33.3. The minimum absolute atomic E-state index is 0.00671. The highest BCUT2D eigenvalue weighted by molar-refractivity contribution is 6.42. The SMILES string of the molecule is N[C@H](CN1CCC1)[C@H](O)c1cc(F)c2c(c1)OC(CCCC1CCCN(c3ccc(C(=O)C(=O)N[C@H](CN4CCC4)[C@H](O)c4cc(F)c5c(c4)OCCO5)cc3)C1)CO2. The van der Waals surface area contributed by atoms with Crippen molar-refractivity contribution in [3.05, 3.63) is 76.9 Å². The lowest BCUT2D eigenvalue weighted by Gasteiger charge is -2.36. The van der Waals surface area contributed by atoms with Crippen LogP contribution in [0.1, 0.15) is 78.6 Å². The maximum absolute atomic E-state index is 15.0. The summed E-state index contributed by atoms with van der Waals surface area (Å²) in [6, 6.07) is 11.3. The summed E-state index contributed by atoms with van der Waals surface area (Å²) in [5.41, 5.74) is 8.06. The molecule has 0 aliphatic carbocycles.